The molecule has 2 rings (SSSR count). The lowest BCUT2D eigenvalue weighted by Gasteiger charge is -2.16. The fourth-order valence-electron chi connectivity index (χ4n) is 2.15. The van der Waals surface area contributed by atoms with Crippen molar-refractivity contribution < 1.29 is 13.9 Å². The number of hydrogen-bond donors (Lipinski definition) is 0. The van der Waals surface area contributed by atoms with Gasteiger partial charge in [0, 0.05) is 17.4 Å². The normalized spacial score (nSPS) is 20.1. The Labute approximate surface area is 98.4 Å². The smallest absolute Gasteiger partial charge is 0.225 e. The minimum Gasteiger partial charge on any atom is -0.493 e. The van der Waals surface area contributed by atoms with Crippen LogP contribution in [0.15, 0.2) is 18.2 Å². The minimum atomic E-state index is -0.381. The maximum atomic E-state index is 13.1. The molecule has 0 saturated carbocycles. The fraction of sp³-hybridized carbons (Fsp3) is 0.417. The average Bonchev–Trinajstić information content (AvgIpc) is 2.62. The molecule has 0 aliphatic carbocycles. The van der Waals surface area contributed by atoms with Crippen molar-refractivity contribution in [2.24, 2.45) is 5.92 Å². The Hall–Kier alpha value is -1.09. The highest BCUT2D eigenvalue weighted by Crippen LogP contribution is 2.40. The van der Waals surface area contributed by atoms with Crippen molar-refractivity contribution in [2.75, 3.05) is 6.61 Å². The Morgan fingerprint density at radius 1 is 1.69 bits per heavy atom. The van der Waals surface area contributed by atoms with Crippen LogP contribution in [0.4, 0.5) is 4.39 Å². The predicted molar refractivity (Wildman–Crippen MR) is 59.3 cm³/mol. The molecule has 0 radical (unpaired) electrons. The summed E-state index contributed by atoms with van der Waals surface area (Å²) in [6.07, 6.45) is 0.631. The van der Waals surface area contributed by atoms with Crippen LogP contribution in [-0.2, 0) is 4.79 Å². The van der Waals surface area contributed by atoms with E-state index in [-0.39, 0.29) is 22.9 Å². The van der Waals surface area contributed by atoms with Crippen molar-refractivity contribution in [1.29, 1.82) is 0 Å². The first kappa shape index (κ1) is 11.4. The molecule has 1 aliphatic rings. The van der Waals surface area contributed by atoms with Gasteiger partial charge in [-0.25, -0.2) is 4.39 Å². The molecule has 4 heteroatoms. The number of carbonyl (C=O) groups excluding carboxylic acids is 1. The van der Waals surface area contributed by atoms with Crippen molar-refractivity contribution >= 4 is 16.8 Å². The van der Waals surface area contributed by atoms with Crippen LogP contribution in [0, 0.1) is 11.7 Å². The van der Waals surface area contributed by atoms with Gasteiger partial charge in [0.1, 0.15) is 11.6 Å². The third-order valence-corrected chi connectivity index (χ3v) is 3.29. The Morgan fingerprint density at radius 3 is 3.06 bits per heavy atom. The molecule has 0 spiro atoms. The Morgan fingerprint density at radius 2 is 2.44 bits per heavy atom. The first-order valence-corrected chi connectivity index (χ1v) is 5.63. The van der Waals surface area contributed by atoms with Gasteiger partial charge in [0.2, 0.25) is 5.24 Å². The monoisotopic (exact) mass is 242 g/mol. The SMILES string of the molecule is CCC(C(=O)Cl)C1COc2ccc(F)cc21. The summed E-state index contributed by atoms with van der Waals surface area (Å²) in [5.74, 6) is -0.0840. The quantitative estimate of drug-likeness (QED) is 0.762. The Kier molecular flexibility index (Phi) is 3.15. The van der Waals surface area contributed by atoms with Gasteiger partial charge in [-0.3, -0.25) is 4.79 Å². The van der Waals surface area contributed by atoms with Crippen LogP contribution >= 0.6 is 11.6 Å². The maximum absolute atomic E-state index is 13.1. The second-order valence-corrected chi connectivity index (χ2v) is 4.29. The summed E-state index contributed by atoms with van der Waals surface area (Å²) < 4.78 is 18.6. The summed E-state index contributed by atoms with van der Waals surface area (Å²) in [4.78, 5) is 11.3. The minimum absolute atomic E-state index is 0.124. The lowest BCUT2D eigenvalue weighted by atomic mass is 9.86. The highest BCUT2D eigenvalue weighted by Gasteiger charge is 2.34. The van der Waals surface area contributed by atoms with Gasteiger partial charge in [-0.05, 0) is 36.2 Å². The number of fused-ring (bicyclic) bond motifs is 1. The fourth-order valence-corrected chi connectivity index (χ4v) is 2.45. The second-order valence-electron chi connectivity index (χ2n) is 3.92. The van der Waals surface area contributed by atoms with E-state index in [1.54, 1.807) is 6.07 Å². The van der Waals surface area contributed by atoms with Crippen LogP contribution in [-0.4, -0.2) is 11.8 Å². The molecule has 0 fully saturated rings. The molecule has 1 aromatic rings. The van der Waals surface area contributed by atoms with Gasteiger partial charge >= 0.3 is 0 Å². The van der Waals surface area contributed by atoms with Gasteiger partial charge in [-0.1, -0.05) is 6.92 Å². The average molecular weight is 243 g/mol. The Balaban J connectivity index is 2.35. The zero-order chi connectivity index (χ0) is 11.7. The van der Waals surface area contributed by atoms with Crippen molar-refractivity contribution in [3.63, 3.8) is 0 Å². The molecular weight excluding hydrogens is 231 g/mol. The molecule has 2 atom stereocenters. The summed E-state index contributed by atoms with van der Waals surface area (Å²) in [5, 5.41) is -0.381. The standard InChI is InChI=1S/C12H12ClFO2/c1-2-8(12(13)15)10-6-16-11-4-3-7(14)5-9(10)11/h3-5,8,10H,2,6H2,1H3. The third-order valence-electron chi connectivity index (χ3n) is 3.01. The molecule has 0 saturated heterocycles. The van der Waals surface area contributed by atoms with Gasteiger partial charge in [0.15, 0.2) is 0 Å². The van der Waals surface area contributed by atoms with Gasteiger partial charge in [-0.2, -0.15) is 0 Å². The highest BCUT2D eigenvalue weighted by atomic mass is 35.5. The molecular formula is C12H12ClFO2. The number of ether oxygens (including phenoxy) is 1. The van der Waals surface area contributed by atoms with E-state index in [4.69, 9.17) is 16.3 Å². The van der Waals surface area contributed by atoms with E-state index in [0.717, 1.165) is 5.56 Å². The van der Waals surface area contributed by atoms with E-state index >= 15 is 0 Å². The van der Waals surface area contributed by atoms with E-state index < -0.39 is 0 Å². The van der Waals surface area contributed by atoms with E-state index in [2.05, 4.69) is 0 Å². The summed E-state index contributed by atoms with van der Waals surface area (Å²) in [7, 11) is 0. The van der Waals surface area contributed by atoms with Gasteiger partial charge < -0.3 is 4.74 Å². The zero-order valence-electron chi connectivity index (χ0n) is 8.87. The van der Waals surface area contributed by atoms with Crippen LogP contribution in [0.5, 0.6) is 5.75 Å². The van der Waals surface area contributed by atoms with Crippen LogP contribution in [0.1, 0.15) is 24.8 Å². The molecule has 2 nitrogen and oxygen atoms in total. The van der Waals surface area contributed by atoms with Crippen molar-refractivity contribution in [2.45, 2.75) is 19.3 Å². The van der Waals surface area contributed by atoms with Crippen LogP contribution < -0.4 is 4.74 Å². The first-order valence-electron chi connectivity index (χ1n) is 5.25. The first-order chi connectivity index (χ1) is 7.63. The predicted octanol–water partition coefficient (Wildman–Crippen LogP) is 3.09. The number of carbonyl (C=O) groups is 1. The van der Waals surface area contributed by atoms with Crippen LogP contribution in [0.3, 0.4) is 0 Å². The number of hydrogen-bond acceptors (Lipinski definition) is 2. The van der Waals surface area contributed by atoms with Gasteiger partial charge in [0.25, 0.3) is 0 Å². The molecule has 0 amide bonds. The molecule has 0 N–H and O–H groups in total. The van der Waals surface area contributed by atoms with Crippen LogP contribution in [0.2, 0.25) is 0 Å². The maximum Gasteiger partial charge on any atom is 0.225 e. The molecule has 1 heterocycles. The summed E-state index contributed by atoms with van der Waals surface area (Å²) in [5.41, 5.74) is 0.751. The number of halogens is 2. The lowest BCUT2D eigenvalue weighted by molar-refractivity contribution is -0.116. The number of benzene rings is 1. The zero-order valence-corrected chi connectivity index (χ0v) is 9.63. The highest BCUT2D eigenvalue weighted by molar-refractivity contribution is 6.64. The summed E-state index contributed by atoms with van der Waals surface area (Å²) in [6, 6.07) is 4.37. The molecule has 1 aliphatic heterocycles. The molecule has 0 bridgehead atoms. The van der Waals surface area contributed by atoms with Crippen molar-refractivity contribution in [3.8, 4) is 5.75 Å². The van der Waals surface area contributed by atoms with Gasteiger partial charge in [-0.15, -0.1) is 0 Å². The Bertz CT molecular complexity index is 419. The largest absolute Gasteiger partial charge is 0.493 e. The summed E-state index contributed by atoms with van der Waals surface area (Å²) in [6.45, 7) is 2.29. The molecule has 16 heavy (non-hydrogen) atoms. The van der Waals surface area contributed by atoms with E-state index in [0.29, 0.717) is 18.8 Å². The molecule has 1 aromatic carbocycles. The van der Waals surface area contributed by atoms with Crippen molar-refractivity contribution in [3.05, 3.63) is 29.6 Å². The topological polar surface area (TPSA) is 26.3 Å². The van der Waals surface area contributed by atoms with Crippen molar-refractivity contribution in [1.82, 2.24) is 0 Å². The van der Waals surface area contributed by atoms with E-state index in [1.807, 2.05) is 6.92 Å². The van der Waals surface area contributed by atoms with Gasteiger partial charge in [0.05, 0.1) is 6.61 Å². The van der Waals surface area contributed by atoms with Crippen LogP contribution in [0.25, 0.3) is 0 Å². The molecule has 0 aromatic heterocycles. The molecule has 86 valence electrons. The number of rotatable bonds is 3. The third kappa shape index (κ3) is 1.92. The van der Waals surface area contributed by atoms with E-state index in [1.165, 1.54) is 12.1 Å². The summed E-state index contributed by atoms with van der Waals surface area (Å²) >= 11 is 5.54. The van der Waals surface area contributed by atoms with E-state index in [9.17, 15) is 9.18 Å². The second kappa shape index (κ2) is 4.42. The molecule has 2 unspecified atom stereocenters. The lowest BCUT2D eigenvalue weighted by Crippen LogP contribution is -2.19.